The second-order valence-corrected chi connectivity index (χ2v) is 4.89. The van der Waals surface area contributed by atoms with Crippen LogP contribution in [-0.4, -0.2) is 17.7 Å². The summed E-state index contributed by atoms with van der Waals surface area (Å²) in [5.74, 6) is -0.198. The maximum Gasteiger partial charge on any atom is 0.346 e. The van der Waals surface area contributed by atoms with Crippen LogP contribution in [0, 0.1) is 11.3 Å². The largest absolute Gasteiger partial charge is 0.490 e. The van der Waals surface area contributed by atoms with Crippen LogP contribution in [0.25, 0.3) is 6.08 Å². The van der Waals surface area contributed by atoms with Crippen molar-refractivity contribution in [3.63, 3.8) is 0 Å². The van der Waals surface area contributed by atoms with Crippen molar-refractivity contribution in [2.24, 2.45) is 0 Å². The van der Waals surface area contributed by atoms with Gasteiger partial charge in [0.2, 0.25) is 0 Å². The molecule has 2 aromatic carbocycles. The van der Waals surface area contributed by atoms with E-state index in [2.05, 4.69) is 0 Å². The van der Waals surface area contributed by atoms with Crippen molar-refractivity contribution < 1.29 is 19.4 Å². The third-order valence-electron chi connectivity index (χ3n) is 3.17. The number of benzene rings is 2. The van der Waals surface area contributed by atoms with Crippen LogP contribution in [0.1, 0.15) is 18.1 Å². The summed E-state index contributed by atoms with van der Waals surface area (Å²) < 4.78 is 11.3. The number of ether oxygens (including phenoxy) is 2. The molecule has 5 nitrogen and oxygen atoms in total. The molecule has 0 aliphatic heterocycles. The van der Waals surface area contributed by atoms with E-state index in [1.807, 2.05) is 37.3 Å². The van der Waals surface area contributed by atoms with Crippen LogP contribution in [0.4, 0.5) is 0 Å². The fourth-order valence-corrected chi connectivity index (χ4v) is 2.05. The first-order valence-corrected chi connectivity index (χ1v) is 7.42. The molecular weight excluding hydrogens is 306 g/mol. The highest BCUT2D eigenvalue weighted by atomic mass is 16.5. The second kappa shape index (κ2) is 8.39. The molecule has 24 heavy (non-hydrogen) atoms. The number of nitrogens with zero attached hydrogens (tertiary/aromatic N) is 1. The first-order valence-electron chi connectivity index (χ1n) is 7.42. The van der Waals surface area contributed by atoms with Crippen molar-refractivity contribution in [2.45, 2.75) is 13.5 Å². The lowest BCUT2D eigenvalue weighted by Gasteiger charge is -2.12. The zero-order chi connectivity index (χ0) is 17.4. The number of carbonyl (C=O) groups is 1. The maximum absolute atomic E-state index is 10.9. The average molecular weight is 323 g/mol. The standard InChI is InChI=1S/C19H17NO4/c1-2-23-18-11-15(10-16(12-20)19(21)22)8-9-17(18)24-13-14-6-4-3-5-7-14/h3-11H,2,13H2,1H3,(H,21,22)/b16-10+. The van der Waals surface area contributed by atoms with E-state index < -0.39 is 5.97 Å². The molecule has 0 spiro atoms. The van der Waals surface area contributed by atoms with Gasteiger partial charge in [0.15, 0.2) is 11.5 Å². The molecule has 0 aliphatic carbocycles. The summed E-state index contributed by atoms with van der Waals surface area (Å²) in [6.07, 6.45) is 1.30. The predicted molar refractivity (Wildman–Crippen MR) is 89.6 cm³/mol. The van der Waals surface area contributed by atoms with Gasteiger partial charge in [-0.05, 0) is 36.3 Å². The lowest BCUT2D eigenvalue weighted by atomic mass is 10.1. The lowest BCUT2D eigenvalue weighted by molar-refractivity contribution is -0.132. The highest BCUT2D eigenvalue weighted by Gasteiger charge is 2.09. The van der Waals surface area contributed by atoms with E-state index in [0.717, 1.165) is 5.56 Å². The SMILES string of the molecule is CCOc1cc(/C=C(\C#N)C(=O)O)ccc1OCc1ccccc1. The van der Waals surface area contributed by atoms with E-state index in [0.29, 0.717) is 30.3 Å². The van der Waals surface area contributed by atoms with Gasteiger partial charge in [-0.3, -0.25) is 0 Å². The number of rotatable bonds is 7. The topological polar surface area (TPSA) is 79.5 Å². The summed E-state index contributed by atoms with van der Waals surface area (Å²) >= 11 is 0. The zero-order valence-electron chi connectivity index (χ0n) is 13.2. The molecular formula is C19H17NO4. The van der Waals surface area contributed by atoms with Gasteiger partial charge in [-0.2, -0.15) is 5.26 Å². The molecule has 2 aromatic rings. The van der Waals surface area contributed by atoms with Gasteiger partial charge in [-0.25, -0.2) is 4.79 Å². The van der Waals surface area contributed by atoms with Gasteiger partial charge < -0.3 is 14.6 Å². The van der Waals surface area contributed by atoms with Crippen molar-refractivity contribution in [2.75, 3.05) is 6.61 Å². The summed E-state index contributed by atoms with van der Waals surface area (Å²) in [6, 6.07) is 16.4. The van der Waals surface area contributed by atoms with Gasteiger partial charge in [-0.1, -0.05) is 36.4 Å². The molecule has 0 aromatic heterocycles. The zero-order valence-corrected chi connectivity index (χ0v) is 13.2. The lowest BCUT2D eigenvalue weighted by Crippen LogP contribution is -2.00. The van der Waals surface area contributed by atoms with Crippen molar-refractivity contribution in [3.8, 4) is 17.6 Å². The molecule has 0 heterocycles. The van der Waals surface area contributed by atoms with Crippen LogP contribution in [-0.2, 0) is 11.4 Å². The van der Waals surface area contributed by atoms with Gasteiger partial charge in [0.25, 0.3) is 0 Å². The van der Waals surface area contributed by atoms with Gasteiger partial charge in [0, 0.05) is 0 Å². The Morgan fingerprint density at radius 1 is 1.17 bits per heavy atom. The summed E-state index contributed by atoms with van der Waals surface area (Å²) in [6.45, 7) is 2.69. The molecule has 122 valence electrons. The Bertz CT molecular complexity index is 776. The average Bonchev–Trinajstić information content (AvgIpc) is 2.60. The fourth-order valence-electron chi connectivity index (χ4n) is 2.05. The van der Waals surface area contributed by atoms with Gasteiger partial charge in [0.05, 0.1) is 6.61 Å². The van der Waals surface area contributed by atoms with Crippen molar-refractivity contribution >= 4 is 12.0 Å². The van der Waals surface area contributed by atoms with Crippen LogP contribution in [0.3, 0.4) is 0 Å². The molecule has 0 saturated carbocycles. The van der Waals surface area contributed by atoms with Gasteiger partial charge >= 0.3 is 5.97 Å². The Kier molecular flexibility index (Phi) is 5.98. The summed E-state index contributed by atoms with van der Waals surface area (Å²) in [5.41, 5.74) is 1.25. The molecule has 0 aliphatic rings. The van der Waals surface area contributed by atoms with Gasteiger partial charge in [-0.15, -0.1) is 0 Å². The number of aliphatic carboxylic acids is 1. The molecule has 2 rings (SSSR count). The Morgan fingerprint density at radius 3 is 2.54 bits per heavy atom. The normalized spacial score (nSPS) is 10.8. The molecule has 1 N–H and O–H groups in total. The molecule has 0 saturated heterocycles. The third kappa shape index (κ3) is 4.62. The van der Waals surface area contributed by atoms with E-state index in [1.54, 1.807) is 24.3 Å². The van der Waals surface area contributed by atoms with E-state index in [4.69, 9.17) is 19.8 Å². The van der Waals surface area contributed by atoms with Crippen LogP contribution in [0.15, 0.2) is 54.1 Å². The first kappa shape index (κ1) is 17.1. The first-order chi connectivity index (χ1) is 11.6. The Labute approximate surface area is 140 Å². The number of nitriles is 1. The van der Waals surface area contributed by atoms with E-state index in [-0.39, 0.29) is 5.57 Å². The minimum absolute atomic E-state index is 0.338. The minimum Gasteiger partial charge on any atom is -0.490 e. The van der Waals surface area contributed by atoms with Crippen LogP contribution >= 0.6 is 0 Å². The molecule has 0 bridgehead atoms. The van der Waals surface area contributed by atoms with Crippen LogP contribution in [0.5, 0.6) is 11.5 Å². The smallest absolute Gasteiger partial charge is 0.346 e. The highest BCUT2D eigenvalue weighted by molar-refractivity contribution is 5.96. The van der Waals surface area contributed by atoms with Crippen molar-refractivity contribution in [1.82, 2.24) is 0 Å². The van der Waals surface area contributed by atoms with Crippen LogP contribution in [0.2, 0.25) is 0 Å². The van der Waals surface area contributed by atoms with E-state index in [9.17, 15) is 4.79 Å². The van der Waals surface area contributed by atoms with Crippen molar-refractivity contribution in [1.29, 1.82) is 5.26 Å². The number of hydrogen-bond donors (Lipinski definition) is 1. The molecule has 5 heteroatoms. The molecule has 0 unspecified atom stereocenters. The summed E-state index contributed by atoms with van der Waals surface area (Å²) in [4.78, 5) is 10.9. The van der Waals surface area contributed by atoms with Gasteiger partial charge in [0.1, 0.15) is 18.2 Å². The molecule has 0 fully saturated rings. The Balaban J connectivity index is 2.23. The van der Waals surface area contributed by atoms with E-state index >= 15 is 0 Å². The minimum atomic E-state index is -1.26. The second-order valence-electron chi connectivity index (χ2n) is 4.89. The molecule has 0 atom stereocenters. The predicted octanol–water partition coefficient (Wildman–Crippen LogP) is 3.66. The van der Waals surface area contributed by atoms with Crippen LogP contribution < -0.4 is 9.47 Å². The molecule has 0 amide bonds. The third-order valence-corrected chi connectivity index (χ3v) is 3.17. The fraction of sp³-hybridized carbons (Fsp3) is 0.158. The maximum atomic E-state index is 10.9. The Hall–Kier alpha value is -3.26. The quantitative estimate of drug-likeness (QED) is 0.621. The summed E-state index contributed by atoms with van der Waals surface area (Å²) in [5, 5.41) is 17.8. The number of carboxylic acids is 1. The van der Waals surface area contributed by atoms with E-state index in [1.165, 1.54) is 6.08 Å². The van der Waals surface area contributed by atoms with Crippen molar-refractivity contribution in [3.05, 3.63) is 65.2 Å². The molecule has 0 radical (unpaired) electrons. The highest BCUT2D eigenvalue weighted by Crippen LogP contribution is 2.30. The number of carboxylic acid groups (broad SMARTS) is 1. The number of hydrogen-bond acceptors (Lipinski definition) is 4. The summed E-state index contributed by atoms with van der Waals surface area (Å²) in [7, 11) is 0. The monoisotopic (exact) mass is 323 g/mol. The Morgan fingerprint density at radius 2 is 1.92 bits per heavy atom.